The molecular formula is C24H24FNO6. The molecule has 32 heavy (non-hydrogen) atoms. The van der Waals surface area contributed by atoms with E-state index in [-0.39, 0.29) is 35.1 Å². The fourth-order valence-electron chi connectivity index (χ4n) is 4.24. The van der Waals surface area contributed by atoms with E-state index in [1.54, 1.807) is 18.2 Å². The van der Waals surface area contributed by atoms with Gasteiger partial charge in [-0.15, -0.1) is 0 Å². The molecule has 0 spiro atoms. The molecular weight excluding hydrogens is 417 g/mol. The van der Waals surface area contributed by atoms with Gasteiger partial charge in [0.2, 0.25) is 0 Å². The van der Waals surface area contributed by atoms with Gasteiger partial charge in [0.1, 0.15) is 23.1 Å². The summed E-state index contributed by atoms with van der Waals surface area (Å²) in [4.78, 5) is 27.4. The summed E-state index contributed by atoms with van der Waals surface area (Å²) in [6.45, 7) is 0.697. The van der Waals surface area contributed by atoms with E-state index in [9.17, 15) is 19.1 Å². The predicted octanol–water partition coefficient (Wildman–Crippen LogP) is 3.44. The lowest BCUT2D eigenvalue weighted by atomic mass is 9.94. The van der Waals surface area contributed by atoms with E-state index in [1.165, 1.54) is 43.4 Å². The number of rotatable bonds is 6. The first-order valence-electron chi connectivity index (χ1n) is 10.3. The highest BCUT2D eigenvalue weighted by Gasteiger charge is 2.48. The molecule has 0 saturated carbocycles. The number of ether oxygens (including phenoxy) is 3. The summed E-state index contributed by atoms with van der Waals surface area (Å²) >= 11 is 0. The van der Waals surface area contributed by atoms with E-state index in [1.807, 2.05) is 0 Å². The van der Waals surface area contributed by atoms with Crippen molar-refractivity contribution in [2.75, 3.05) is 27.4 Å². The SMILES string of the molecule is COc1ccc(/C(O)=C2\C(=O)C(=O)N(CC3CCCO3)C2c2ccccc2F)c(OC)c1. The van der Waals surface area contributed by atoms with Crippen molar-refractivity contribution in [3.63, 3.8) is 0 Å². The molecule has 2 aliphatic rings. The number of carbonyl (C=O) groups is 2. The van der Waals surface area contributed by atoms with E-state index < -0.39 is 29.3 Å². The summed E-state index contributed by atoms with van der Waals surface area (Å²) in [6.07, 6.45) is 1.33. The number of aliphatic hydroxyl groups is 1. The minimum absolute atomic E-state index is 0.124. The van der Waals surface area contributed by atoms with Gasteiger partial charge in [-0.1, -0.05) is 18.2 Å². The van der Waals surface area contributed by atoms with Gasteiger partial charge in [-0.3, -0.25) is 9.59 Å². The normalized spacial score (nSPS) is 22.4. The van der Waals surface area contributed by atoms with Gasteiger partial charge in [-0.25, -0.2) is 4.39 Å². The smallest absolute Gasteiger partial charge is 0.295 e. The van der Waals surface area contributed by atoms with Crippen molar-refractivity contribution in [1.29, 1.82) is 0 Å². The molecule has 2 atom stereocenters. The summed E-state index contributed by atoms with van der Waals surface area (Å²) in [5.41, 5.74) is 0.130. The highest BCUT2D eigenvalue weighted by Crippen LogP contribution is 2.42. The summed E-state index contributed by atoms with van der Waals surface area (Å²) < 4.78 is 31.0. The van der Waals surface area contributed by atoms with Gasteiger partial charge in [0.15, 0.2) is 0 Å². The Bertz CT molecular complexity index is 1080. The Labute approximate surface area is 185 Å². The number of aliphatic hydroxyl groups excluding tert-OH is 1. The molecule has 2 aliphatic heterocycles. The Balaban J connectivity index is 1.87. The number of likely N-dealkylation sites (tertiary alicyclic amines) is 1. The van der Waals surface area contributed by atoms with Crippen molar-refractivity contribution in [2.45, 2.75) is 25.0 Å². The van der Waals surface area contributed by atoms with Crippen molar-refractivity contribution >= 4 is 17.4 Å². The molecule has 168 valence electrons. The molecule has 2 heterocycles. The van der Waals surface area contributed by atoms with Gasteiger partial charge < -0.3 is 24.2 Å². The summed E-state index contributed by atoms with van der Waals surface area (Å²) in [5, 5.41) is 11.2. The molecule has 2 aromatic rings. The van der Waals surface area contributed by atoms with Crippen LogP contribution in [0.15, 0.2) is 48.0 Å². The van der Waals surface area contributed by atoms with Gasteiger partial charge in [0.05, 0.1) is 37.5 Å². The minimum Gasteiger partial charge on any atom is -0.507 e. The monoisotopic (exact) mass is 441 g/mol. The van der Waals surface area contributed by atoms with Crippen molar-refractivity contribution in [1.82, 2.24) is 4.90 Å². The molecule has 0 radical (unpaired) electrons. The maximum atomic E-state index is 14.8. The van der Waals surface area contributed by atoms with Crippen LogP contribution in [0.3, 0.4) is 0 Å². The van der Waals surface area contributed by atoms with E-state index >= 15 is 0 Å². The standard InChI is InChI=1S/C24H24FNO6/c1-30-14-9-10-17(19(12-14)31-2)22(27)20-21(16-7-3-4-8-18(16)25)26(24(29)23(20)28)13-15-6-5-11-32-15/h3-4,7-10,12,15,21,27H,5-6,11,13H2,1-2H3/b22-20+. The van der Waals surface area contributed by atoms with Crippen LogP contribution in [0.1, 0.15) is 30.0 Å². The maximum Gasteiger partial charge on any atom is 0.295 e. The van der Waals surface area contributed by atoms with Crippen LogP contribution in [0.2, 0.25) is 0 Å². The number of nitrogens with zero attached hydrogens (tertiary/aromatic N) is 1. The third kappa shape index (κ3) is 3.82. The highest BCUT2D eigenvalue weighted by molar-refractivity contribution is 6.46. The second-order valence-corrected chi connectivity index (χ2v) is 7.67. The maximum absolute atomic E-state index is 14.8. The van der Waals surface area contributed by atoms with Gasteiger partial charge in [0, 0.05) is 24.8 Å². The van der Waals surface area contributed by atoms with E-state index in [4.69, 9.17) is 14.2 Å². The lowest BCUT2D eigenvalue weighted by molar-refractivity contribution is -0.140. The predicted molar refractivity (Wildman–Crippen MR) is 114 cm³/mol. The molecule has 0 aliphatic carbocycles. The highest BCUT2D eigenvalue weighted by atomic mass is 19.1. The van der Waals surface area contributed by atoms with Crippen molar-refractivity contribution in [3.8, 4) is 11.5 Å². The molecule has 2 aromatic carbocycles. The molecule has 1 amide bonds. The number of hydrogen-bond acceptors (Lipinski definition) is 6. The van der Waals surface area contributed by atoms with Gasteiger partial charge in [-0.05, 0) is 31.0 Å². The lowest BCUT2D eigenvalue weighted by Gasteiger charge is -2.27. The van der Waals surface area contributed by atoms with Crippen molar-refractivity contribution in [3.05, 3.63) is 65.0 Å². The Morgan fingerprint density at radius 3 is 2.62 bits per heavy atom. The van der Waals surface area contributed by atoms with Gasteiger partial charge in [0.25, 0.3) is 11.7 Å². The second kappa shape index (κ2) is 9.00. The number of ketones is 1. The number of carbonyl (C=O) groups excluding carboxylic acids is 2. The van der Waals surface area contributed by atoms with E-state index in [2.05, 4.69) is 0 Å². The Morgan fingerprint density at radius 1 is 1.19 bits per heavy atom. The average Bonchev–Trinajstić information content (AvgIpc) is 3.41. The first-order chi connectivity index (χ1) is 15.5. The molecule has 8 heteroatoms. The zero-order valence-electron chi connectivity index (χ0n) is 17.8. The fraction of sp³-hybridized carbons (Fsp3) is 0.333. The van der Waals surface area contributed by atoms with Crippen molar-refractivity contribution in [2.24, 2.45) is 0 Å². The zero-order chi connectivity index (χ0) is 22.8. The number of amides is 1. The van der Waals surface area contributed by atoms with Crippen molar-refractivity contribution < 1.29 is 33.3 Å². The molecule has 2 saturated heterocycles. The van der Waals surface area contributed by atoms with E-state index in [0.29, 0.717) is 12.4 Å². The van der Waals surface area contributed by atoms with Crippen LogP contribution in [0.5, 0.6) is 11.5 Å². The zero-order valence-corrected chi connectivity index (χ0v) is 17.8. The first kappa shape index (κ1) is 21.8. The third-order valence-corrected chi connectivity index (χ3v) is 5.83. The van der Waals surface area contributed by atoms with Gasteiger partial charge in [-0.2, -0.15) is 0 Å². The molecule has 2 fully saturated rings. The molecule has 7 nitrogen and oxygen atoms in total. The van der Waals surface area contributed by atoms with Crippen LogP contribution in [0.4, 0.5) is 4.39 Å². The minimum atomic E-state index is -1.09. The van der Waals surface area contributed by atoms with Crippen LogP contribution in [-0.2, 0) is 14.3 Å². The van der Waals surface area contributed by atoms with Crippen LogP contribution in [0, 0.1) is 5.82 Å². The lowest BCUT2D eigenvalue weighted by Crippen LogP contribution is -2.36. The summed E-state index contributed by atoms with van der Waals surface area (Å²) in [5.74, 6) is -1.97. The quantitative estimate of drug-likeness (QED) is 0.420. The molecule has 2 unspecified atom stereocenters. The third-order valence-electron chi connectivity index (χ3n) is 5.83. The Kier molecular flexibility index (Phi) is 6.14. The average molecular weight is 441 g/mol. The fourth-order valence-corrected chi connectivity index (χ4v) is 4.24. The van der Waals surface area contributed by atoms with Crippen LogP contribution in [0.25, 0.3) is 5.76 Å². The van der Waals surface area contributed by atoms with Crippen LogP contribution >= 0.6 is 0 Å². The summed E-state index contributed by atoms with van der Waals surface area (Å²) in [7, 11) is 2.90. The number of halogens is 1. The van der Waals surface area contributed by atoms with Gasteiger partial charge >= 0.3 is 0 Å². The molecule has 4 rings (SSSR count). The molecule has 0 bridgehead atoms. The number of methoxy groups -OCH3 is 2. The molecule has 1 N–H and O–H groups in total. The van der Waals surface area contributed by atoms with Crippen LogP contribution < -0.4 is 9.47 Å². The number of benzene rings is 2. The number of hydrogen-bond donors (Lipinski definition) is 1. The number of Topliss-reactive ketones (excluding diaryl/α,β-unsaturated/α-hetero) is 1. The van der Waals surface area contributed by atoms with Crippen LogP contribution in [-0.4, -0.2) is 55.2 Å². The first-order valence-corrected chi connectivity index (χ1v) is 10.3. The Hall–Kier alpha value is -3.39. The second-order valence-electron chi connectivity index (χ2n) is 7.67. The molecule has 0 aromatic heterocycles. The largest absolute Gasteiger partial charge is 0.507 e. The topological polar surface area (TPSA) is 85.3 Å². The Morgan fingerprint density at radius 2 is 1.97 bits per heavy atom. The van der Waals surface area contributed by atoms with E-state index in [0.717, 1.165) is 12.8 Å². The summed E-state index contributed by atoms with van der Waals surface area (Å²) in [6, 6.07) is 9.50.